The van der Waals surface area contributed by atoms with Gasteiger partial charge in [-0.25, -0.2) is 0 Å². The molecule has 0 N–H and O–H groups in total. The summed E-state index contributed by atoms with van der Waals surface area (Å²) in [6.07, 6.45) is 20.7. The first-order valence-corrected chi connectivity index (χ1v) is 10.0. The van der Waals surface area contributed by atoms with Gasteiger partial charge in [0.2, 0.25) is 0 Å². The van der Waals surface area contributed by atoms with E-state index in [4.69, 9.17) is 0 Å². The molecule has 0 radical (unpaired) electrons. The normalized spacial score (nSPS) is 27.8. The fraction of sp³-hybridized carbons (Fsp3) is 1.00. The van der Waals surface area contributed by atoms with E-state index in [9.17, 15) is 0 Å². The average molecular weight is 360 g/mol. The van der Waals surface area contributed by atoms with Gasteiger partial charge in [-0.3, -0.25) is 0 Å². The third-order valence-electron chi connectivity index (χ3n) is 5.73. The van der Waals surface area contributed by atoms with E-state index in [-0.39, 0.29) is 28.3 Å². The Morgan fingerprint density at radius 1 is 0.444 bits per heavy atom. The monoisotopic (exact) mass is 359 g/mol. The minimum atomic E-state index is -0.000586. The summed E-state index contributed by atoms with van der Waals surface area (Å²) in [5.74, 6) is 0. The van der Waals surface area contributed by atoms with Crippen molar-refractivity contribution in [3.8, 4) is 0 Å². The van der Waals surface area contributed by atoms with Crippen LogP contribution in [0.1, 0.15) is 83.5 Å². The van der Waals surface area contributed by atoms with Gasteiger partial charge >= 0.3 is 0 Å². The van der Waals surface area contributed by atoms with Crippen LogP contribution in [0.2, 0.25) is 0 Å². The molecule has 0 aliphatic heterocycles. The third-order valence-corrected chi connectivity index (χ3v) is 10.3. The Morgan fingerprint density at radius 2 is 0.722 bits per heavy atom. The molecule has 18 heavy (non-hydrogen) atoms. The van der Waals surface area contributed by atoms with Crippen LogP contribution in [0.25, 0.3) is 0 Å². The van der Waals surface area contributed by atoms with Crippen molar-refractivity contribution in [1.82, 2.24) is 0 Å². The van der Waals surface area contributed by atoms with Gasteiger partial charge < -0.3 is 0 Å². The molecule has 3 fully saturated rings. The van der Waals surface area contributed by atoms with Gasteiger partial charge in [-0.2, -0.15) is 0 Å². The summed E-state index contributed by atoms with van der Waals surface area (Å²) in [6, 6.07) is 0. The average Bonchev–Trinajstić information content (AvgIpc) is 3.04. The van der Waals surface area contributed by atoms with Crippen molar-refractivity contribution < 1.29 is 20.4 Å². The summed E-state index contributed by atoms with van der Waals surface area (Å²) >= 11 is 0. The van der Waals surface area contributed by atoms with Crippen molar-refractivity contribution in [1.29, 1.82) is 0 Å². The summed E-state index contributed by atoms with van der Waals surface area (Å²) in [5, 5.41) is 0. The van der Waals surface area contributed by atoms with Crippen molar-refractivity contribution >= 4 is 7.92 Å². The van der Waals surface area contributed by atoms with Crippen LogP contribution in [0.5, 0.6) is 0 Å². The second-order valence-corrected chi connectivity index (χ2v) is 10.2. The van der Waals surface area contributed by atoms with Crippen LogP contribution in [0.15, 0.2) is 0 Å². The number of hydrogen-bond acceptors (Lipinski definition) is 0. The van der Waals surface area contributed by atoms with Gasteiger partial charge in [-0.1, -0.05) is 6.42 Å². The molecule has 3 rings (SSSR count). The summed E-state index contributed by atoms with van der Waals surface area (Å²) in [6.45, 7) is 0. The van der Waals surface area contributed by atoms with Crippen LogP contribution in [-0.4, -0.2) is 17.0 Å². The predicted molar refractivity (Wildman–Crippen MR) is 79.7 cm³/mol. The molecule has 0 nitrogen and oxygen atoms in total. The molecule has 0 aromatic heterocycles. The summed E-state index contributed by atoms with van der Waals surface area (Å²) in [5.41, 5.74) is 3.72. The molecule has 0 heterocycles. The number of hydrogen-bond donors (Lipinski definition) is 0. The Bertz CT molecular complexity index is 209. The molecule has 108 valence electrons. The Labute approximate surface area is 128 Å². The zero-order valence-electron chi connectivity index (χ0n) is 11.7. The van der Waals surface area contributed by atoms with Gasteiger partial charge in [0.25, 0.3) is 0 Å². The molecule has 0 aromatic carbocycles. The largest absolute Gasteiger partial charge is 0.0680 e. The molecule has 0 spiro atoms. The predicted octanol–water partition coefficient (Wildman–Crippen LogP) is 5.42. The van der Waals surface area contributed by atoms with Gasteiger partial charge in [0.15, 0.2) is 0 Å². The molecule has 2 heteroatoms. The van der Waals surface area contributed by atoms with Crippen molar-refractivity contribution in [2.45, 2.75) is 100 Å². The summed E-state index contributed by atoms with van der Waals surface area (Å²) < 4.78 is 0. The molecule has 0 unspecified atom stereocenters. The maximum atomic E-state index is 1.63. The van der Waals surface area contributed by atoms with Crippen molar-refractivity contribution in [3.05, 3.63) is 0 Å². The maximum Gasteiger partial charge on any atom is 0.0680 e. The van der Waals surface area contributed by atoms with Crippen LogP contribution in [0.4, 0.5) is 0 Å². The molecule has 3 aliphatic rings. The first kappa shape index (κ1) is 15.5. The second-order valence-electron chi connectivity index (χ2n) is 6.80. The minimum Gasteiger partial charge on any atom is -0.0530 e. The van der Waals surface area contributed by atoms with Gasteiger partial charge in [0.05, 0.1) is 17.0 Å². The Kier molecular flexibility index (Phi) is 6.68. The van der Waals surface area contributed by atoms with Gasteiger partial charge in [0, 0.05) is 28.3 Å². The zero-order chi connectivity index (χ0) is 11.5. The van der Waals surface area contributed by atoms with Gasteiger partial charge in [-0.05, 0) is 77.0 Å². The topological polar surface area (TPSA) is 0 Å². The molecular formula is C16H30PPd+. The van der Waals surface area contributed by atoms with Gasteiger partial charge in [-0.15, -0.1) is 0 Å². The third kappa shape index (κ3) is 3.59. The van der Waals surface area contributed by atoms with E-state index in [0.717, 1.165) is 0 Å². The van der Waals surface area contributed by atoms with Crippen LogP contribution < -0.4 is 0 Å². The maximum absolute atomic E-state index is 1.63. The summed E-state index contributed by atoms with van der Waals surface area (Å²) in [7, 11) is -0.000586. The van der Waals surface area contributed by atoms with E-state index in [1.807, 2.05) is 0 Å². The first-order chi connectivity index (χ1) is 8.45. The molecule has 0 amide bonds. The van der Waals surface area contributed by atoms with Crippen molar-refractivity contribution in [2.75, 3.05) is 0 Å². The molecule has 0 saturated heterocycles. The van der Waals surface area contributed by atoms with Crippen LogP contribution >= 0.6 is 7.92 Å². The minimum absolute atomic E-state index is 0. The Hall–Kier alpha value is 1.09. The molecule has 3 saturated carbocycles. The Morgan fingerprint density at radius 3 is 1.06 bits per heavy atom. The molecule has 0 bridgehead atoms. The van der Waals surface area contributed by atoms with Crippen molar-refractivity contribution in [2.24, 2.45) is 0 Å². The molecule has 0 atom stereocenters. The second kappa shape index (κ2) is 7.76. The molecule has 0 aromatic rings. The fourth-order valence-corrected chi connectivity index (χ4v) is 10.2. The Balaban J connectivity index is 0.00000120. The smallest absolute Gasteiger partial charge is 0.0530 e. The van der Waals surface area contributed by atoms with Gasteiger partial charge in [0.1, 0.15) is 0 Å². The van der Waals surface area contributed by atoms with Crippen LogP contribution in [0, 0.1) is 0 Å². The van der Waals surface area contributed by atoms with E-state index in [2.05, 4.69) is 0 Å². The number of rotatable bonds is 3. The fourth-order valence-electron chi connectivity index (χ4n) is 4.95. The molecular weight excluding hydrogens is 330 g/mol. The van der Waals surface area contributed by atoms with E-state index in [1.54, 1.807) is 83.5 Å². The first-order valence-electron chi connectivity index (χ1n) is 8.32. The van der Waals surface area contributed by atoms with Crippen LogP contribution in [-0.2, 0) is 20.4 Å². The van der Waals surface area contributed by atoms with E-state index in [0.29, 0.717) is 0 Å². The van der Waals surface area contributed by atoms with Crippen molar-refractivity contribution in [3.63, 3.8) is 0 Å². The molecule has 3 aliphatic carbocycles. The van der Waals surface area contributed by atoms with Crippen LogP contribution in [0.3, 0.4) is 0 Å². The standard InChI is InChI=1S/C16H29P.Pd/c1-2-8-14(9-3-1)17(15-10-4-5-11-15)16-12-6-7-13-16;/h14-16H,1-13H2;/p+1. The quantitative estimate of drug-likeness (QED) is 0.466. The van der Waals surface area contributed by atoms with E-state index < -0.39 is 0 Å². The zero-order valence-corrected chi connectivity index (χ0v) is 14.3. The van der Waals surface area contributed by atoms with E-state index >= 15 is 0 Å². The summed E-state index contributed by atoms with van der Waals surface area (Å²) in [4.78, 5) is 0. The SMILES string of the molecule is C1CCC([PH+](C2CCCC2)C2CCCC2)CC1.[Pd]. The van der Waals surface area contributed by atoms with E-state index in [1.165, 1.54) is 17.0 Å².